The molecule has 2 N–H and O–H groups in total. The molecule has 2 aromatic heterocycles. The molecular weight excluding hydrogens is 250 g/mol. The third-order valence-electron chi connectivity index (χ3n) is 4.45. The van der Waals surface area contributed by atoms with E-state index < -0.39 is 0 Å². The lowest BCUT2D eigenvalue weighted by molar-refractivity contribution is 0.188. The van der Waals surface area contributed by atoms with Crippen LogP contribution in [0.1, 0.15) is 26.7 Å². The van der Waals surface area contributed by atoms with Crippen LogP contribution in [-0.4, -0.2) is 33.7 Å². The highest BCUT2D eigenvalue weighted by Gasteiger charge is 2.31. The van der Waals surface area contributed by atoms with Crippen LogP contribution in [0.3, 0.4) is 0 Å². The van der Waals surface area contributed by atoms with Crippen molar-refractivity contribution < 1.29 is 0 Å². The molecule has 1 aliphatic heterocycles. The van der Waals surface area contributed by atoms with Crippen LogP contribution in [0.4, 0.5) is 5.82 Å². The number of imidazole rings is 1. The number of aryl methyl sites for hydroxylation is 1. The van der Waals surface area contributed by atoms with Crippen LogP contribution in [0.2, 0.25) is 0 Å². The maximum atomic E-state index is 4.44. The SMILES string of the molecule is Cn1cnc2c(NCC3NCCCC3(C)C)nccc21. The number of nitrogens with zero attached hydrogens (tertiary/aromatic N) is 3. The molecule has 5 nitrogen and oxygen atoms in total. The lowest BCUT2D eigenvalue weighted by Crippen LogP contribution is -2.50. The number of anilines is 1. The summed E-state index contributed by atoms with van der Waals surface area (Å²) in [5, 5.41) is 7.09. The summed E-state index contributed by atoms with van der Waals surface area (Å²) in [5.74, 6) is 0.881. The Morgan fingerprint density at radius 3 is 3.10 bits per heavy atom. The van der Waals surface area contributed by atoms with E-state index in [1.165, 1.54) is 12.8 Å². The van der Waals surface area contributed by atoms with E-state index in [0.717, 1.165) is 29.9 Å². The number of aromatic nitrogens is 3. The number of pyridine rings is 1. The largest absolute Gasteiger partial charge is 0.367 e. The van der Waals surface area contributed by atoms with E-state index in [-0.39, 0.29) is 0 Å². The smallest absolute Gasteiger partial charge is 0.154 e. The Morgan fingerprint density at radius 1 is 1.45 bits per heavy atom. The molecule has 0 spiro atoms. The van der Waals surface area contributed by atoms with E-state index in [9.17, 15) is 0 Å². The summed E-state index contributed by atoms with van der Waals surface area (Å²) in [4.78, 5) is 8.87. The van der Waals surface area contributed by atoms with Gasteiger partial charge in [-0.3, -0.25) is 0 Å². The Kier molecular flexibility index (Phi) is 3.38. The fourth-order valence-electron chi connectivity index (χ4n) is 3.01. The minimum absolute atomic E-state index is 0.323. The van der Waals surface area contributed by atoms with E-state index in [1.807, 2.05) is 30.2 Å². The van der Waals surface area contributed by atoms with Crippen molar-refractivity contribution in [3.05, 3.63) is 18.6 Å². The number of rotatable bonds is 3. The summed E-state index contributed by atoms with van der Waals surface area (Å²) in [5.41, 5.74) is 2.38. The maximum Gasteiger partial charge on any atom is 0.154 e. The first kappa shape index (κ1) is 13.4. The number of hydrogen-bond donors (Lipinski definition) is 2. The standard InChI is InChI=1S/C15H23N5/c1-15(2)6-4-7-16-12(15)9-18-14-13-11(5-8-17-14)20(3)10-19-13/h5,8,10,12,16H,4,6-7,9H2,1-3H3,(H,17,18). The zero-order valence-corrected chi connectivity index (χ0v) is 12.5. The molecule has 1 saturated heterocycles. The molecule has 0 saturated carbocycles. The topological polar surface area (TPSA) is 54.8 Å². The Labute approximate surface area is 119 Å². The fourth-order valence-corrected chi connectivity index (χ4v) is 3.01. The fraction of sp³-hybridized carbons (Fsp3) is 0.600. The second-order valence-corrected chi connectivity index (χ2v) is 6.36. The summed E-state index contributed by atoms with van der Waals surface area (Å²) in [6.45, 7) is 6.66. The van der Waals surface area contributed by atoms with Gasteiger partial charge in [0.25, 0.3) is 0 Å². The number of fused-ring (bicyclic) bond motifs is 1. The second kappa shape index (κ2) is 5.05. The van der Waals surface area contributed by atoms with Crippen LogP contribution in [-0.2, 0) is 7.05 Å². The van der Waals surface area contributed by atoms with Gasteiger partial charge in [-0.25, -0.2) is 9.97 Å². The van der Waals surface area contributed by atoms with Gasteiger partial charge in [0.15, 0.2) is 5.82 Å². The summed E-state index contributed by atoms with van der Waals surface area (Å²) in [6, 6.07) is 2.47. The van der Waals surface area contributed by atoms with Gasteiger partial charge < -0.3 is 15.2 Å². The Balaban J connectivity index is 1.77. The third-order valence-corrected chi connectivity index (χ3v) is 4.45. The molecule has 2 aromatic rings. The first-order valence-electron chi connectivity index (χ1n) is 7.31. The molecule has 3 rings (SSSR count). The van der Waals surface area contributed by atoms with Crippen molar-refractivity contribution in [3.63, 3.8) is 0 Å². The molecule has 0 bridgehead atoms. The third kappa shape index (κ3) is 2.38. The second-order valence-electron chi connectivity index (χ2n) is 6.36. The van der Waals surface area contributed by atoms with Gasteiger partial charge in [-0.2, -0.15) is 0 Å². The van der Waals surface area contributed by atoms with Gasteiger partial charge in [0.05, 0.1) is 11.8 Å². The Hall–Kier alpha value is -1.62. The van der Waals surface area contributed by atoms with Gasteiger partial charge in [0.2, 0.25) is 0 Å². The molecule has 20 heavy (non-hydrogen) atoms. The average molecular weight is 273 g/mol. The molecule has 3 heterocycles. The first-order valence-corrected chi connectivity index (χ1v) is 7.31. The minimum atomic E-state index is 0.323. The van der Waals surface area contributed by atoms with Crippen LogP contribution in [0.5, 0.6) is 0 Å². The minimum Gasteiger partial charge on any atom is -0.367 e. The molecule has 5 heteroatoms. The van der Waals surface area contributed by atoms with E-state index in [2.05, 4.69) is 34.4 Å². The average Bonchev–Trinajstić information content (AvgIpc) is 2.80. The summed E-state index contributed by atoms with van der Waals surface area (Å²) in [6.07, 6.45) is 6.21. The van der Waals surface area contributed by atoms with Crippen molar-refractivity contribution >= 4 is 16.9 Å². The number of nitrogens with one attached hydrogen (secondary N) is 2. The van der Waals surface area contributed by atoms with Gasteiger partial charge in [-0.15, -0.1) is 0 Å². The van der Waals surface area contributed by atoms with Crippen molar-refractivity contribution in [3.8, 4) is 0 Å². The van der Waals surface area contributed by atoms with Crippen molar-refractivity contribution in [1.29, 1.82) is 0 Å². The van der Waals surface area contributed by atoms with Crippen LogP contribution in [0, 0.1) is 5.41 Å². The highest BCUT2D eigenvalue weighted by molar-refractivity contribution is 5.85. The van der Waals surface area contributed by atoms with Crippen LogP contribution in [0.15, 0.2) is 18.6 Å². The van der Waals surface area contributed by atoms with Crippen molar-refractivity contribution in [1.82, 2.24) is 19.9 Å². The van der Waals surface area contributed by atoms with Gasteiger partial charge in [0, 0.05) is 25.8 Å². The van der Waals surface area contributed by atoms with E-state index in [4.69, 9.17) is 0 Å². The normalized spacial score (nSPS) is 22.1. The molecule has 1 aliphatic rings. The maximum absolute atomic E-state index is 4.44. The Bertz CT molecular complexity index is 601. The summed E-state index contributed by atoms with van der Waals surface area (Å²) < 4.78 is 2.02. The van der Waals surface area contributed by atoms with Gasteiger partial charge in [0.1, 0.15) is 5.52 Å². The van der Waals surface area contributed by atoms with E-state index in [1.54, 1.807) is 0 Å². The van der Waals surface area contributed by atoms with Gasteiger partial charge >= 0.3 is 0 Å². The monoisotopic (exact) mass is 273 g/mol. The Morgan fingerprint density at radius 2 is 2.30 bits per heavy atom. The summed E-state index contributed by atoms with van der Waals surface area (Å²) in [7, 11) is 2.00. The van der Waals surface area contributed by atoms with Crippen molar-refractivity contribution in [2.45, 2.75) is 32.7 Å². The molecule has 1 fully saturated rings. The van der Waals surface area contributed by atoms with Gasteiger partial charge in [-0.05, 0) is 30.9 Å². The van der Waals surface area contributed by atoms with Crippen LogP contribution >= 0.6 is 0 Å². The molecular formula is C15H23N5. The predicted octanol–water partition coefficient (Wildman–Crippen LogP) is 2.16. The zero-order chi connectivity index (χ0) is 14.2. The number of piperidine rings is 1. The van der Waals surface area contributed by atoms with Crippen molar-refractivity contribution in [2.24, 2.45) is 12.5 Å². The van der Waals surface area contributed by atoms with Crippen molar-refractivity contribution in [2.75, 3.05) is 18.4 Å². The van der Waals surface area contributed by atoms with E-state index >= 15 is 0 Å². The zero-order valence-electron chi connectivity index (χ0n) is 12.5. The van der Waals surface area contributed by atoms with E-state index in [0.29, 0.717) is 11.5 Å². The summed E-state index contributed by atoms with van der Waals surface area (Å²) >= 11 is 0. The molecule has 0 amide bonds. The molecule has 0 radical (unpaired) electrons. The predicted molar refractivity (Wildman–Crippen MR) is 81.8 cm³/mol. The highest BCUT2D eigenvalue weighted by Crippen LogP contribution is 2.30. The molecule has 1 atom stereocenters. The highest BCUT2D eigenvalue weighted by atomic mass is 15.1. The lowest BCUT2D eigenvalue weighted by Gasteiger charge is -2.39. The lowest BCUT2D eigenvalue weighted by atomic mass is 9.77. The van der Waals surface area contributed by atoms with Crippen LogP contribution in [0.25, 0.3) is 11.0 Å². The quantitative estimate of drug-likeness (QED) is 0.900. The molecule has 0 aliphatic carbocycles. The molecule has 1 unspecified atom stereocenters. The molecule has 0 aromatic carbocycles. The molecule has 108 valence electrons. The number of hydrogen-bond acceptors (Lipinski definition) is 4. The van der Waals surface area contributed by atoms with Gasteiger partial charge in [-0.1, -0.05) is 13.8 Å². The van der Waals surface area contributed by atoms with Crippen LogP contribution < -0.4 is 10.6 Å². The first-order chi connectivity index (χ1) is 9.58.